The molecule has 0 unspecified atom stereocenters. The minimum atomic E-state index is -2.48. The molecule has 0 bridgehead atoms. The second-order valence-electron chi connectivity index (χ2n) is 6.68. The number of aromatic hydroxyl groups is 1. The zero-order valence-electron chi connectivity index (χ0n) is 12.4. The van der Waals surface area contributed by atoms with Gasteiger partial charge in [-0.15, -0.1) is 0 Å². The van der Waals surface area contributed by atoms with Crippen molar-refractivity contribution in [2.45, 2.75) is 52.4 Å². The molecule has 5 heteroatoms. The Kier molecular flexibility index (Phi) is 4.51. The van der Waals surface area contributed by atoms with Gasteiger partial charge in [-0.05, 0) is 23.0 Å². The van der Waals surface area contributed by atoms with E-state index in [1.54, 1.807) is 6.07 Å². The summed E-state index contributed by atoms with van der Waals surface area (Å²) in [6.45, 7) is 12.0. The maximum atomic E-state index is 10.2. The minimum Gasteiger partial charge on any atom is -0.508 e. The molecule has 0 aromatic heterocycles. The molecule has 0 fully saturated rings. The molecule has 0 saturated carbocycles. The summed E-state index contributed by atoms with van der Waals surface area (Å²) in [7, 11) is -2.48. The van der Waals surface area contributed by atoms with Gasteiger partial charge in [0.25, 0.3) is 0 Å². The molecule has 0 aliphatic heterocycles. The smallest absolute Gasteiger partial charge is 0.391 e. The van der Waals surface area contributed by atoms with Gasteiger partial charge in [-0.1, -0.05) is 41.5 Å². The van der Waals surface area contributed by atoms with Gasteiger partial charge in [-0.2, -0.15) is 0 Å². The normalized spacial score (nSPS) is 12.9. The maximum absolute atomic E-state index is 10.2. The van der Waals surface area contributed by atoms with Gasteiger partial charge in [0.2, 0.25) is 0 Å². The maximum Gasteiger partial charge on any atom is 0.391 e. The Hall–Kier alpha value is -0.830. The van der Waals surface area contributed by atoms with Gasteiger partial charge in [0, 0.05) is 11.1 Å². The molecule has 0 spiro atoms. The van der Waals surface area contributed by atoms with Crippen molar-refractivity contribution >= 4 is 8.60 Å². The van der Waals surface area contributed by atoms with Crippen molar-refractivity contribution < 1.29 is 19.4 Å². The molecule has 4 nitrogen and oxygen atoms in total. The van der Waals surface area contributed by atoms with E-state index in [4.69, 9.17) is 14.3 Å². The SMILES string of the molecule is CC(C)(C)c1c(O)ccc(OP(O)O)c1C(C)(C)C. The largest absolute Gasteiger partial charge is 0.508 e. The van der Waals surface area contributed by atoms with Crippen LogP contribution in [-0.2, 0) is 10.8 Å². The fourth-order valence-corrected chi connectivity index (χ4v) is 2.57. The Morgan fingerprint density at radius 2 is 1.37 bits per heavy atom. The molecule has 0 atom stereocenters. The van der Waals surface area contributed by atoms with Crippen molar-refractivity contribution in [3.8, 4) is 11.5 Å². The van der Waals surface area contributed by atoms with Gasteiger partial charge in [0.15, 0.2) is 0 Å². The van der Waals surface area contributed by atoms with E-state index in [1.165, 1.54) is 6.07 Å². The second kappa shape index (κ2) is 5.28. The predicted molar refractivity (Wildman–Crippen MR) is 77.5 cm³/mol. The second-order valence-corrected chi connectivity index (χ2v) is 7.36. The molecule has 0 aliphatic rings. The van der Waals surface area contributed by atoms with Crippen LogP contribution >= 0.6 is 8.60 Å². The Bertz CT molecular complexity index is 456. The molecule has 0 amide bonds. The van der Waals surface area contributed by atoms with E-state index in [1.807, 2.05) is 41.5 Å². The first-order valence-corrected chi connectivity index (χ1v) is 7.34. The lowest BCUT2D eigenvalue weighted by Gasteiger charge is -2.32. The van der Waals surface area contributed by atoms with Crippen LogP contribution in [0.15, 0.2) is 12.1 Å². The lowest BCUT2D eigenvalue weighted by atomic mass is 9.74. The van der Waals surface area contributed by atoms with Crippen LogP contribution in [-0.4, -0.2) is 14.9 Å². The summed E-state index contributed by atoms with van der Waals surface area (Å²) >= 11 is 0. The quantitative estimate of drug-likeness (QED) is 0.727. The fraction of sp³-hybridized carbons (Fsp3) is 0.571. The first-order valence-electron chi connectivity index (χ1n) is 6.17. The molecule has 0 aliphatic carbocycles. The lowest BCUT2D eigenvalue weighted by Crippen LogP contribution is -2.23. The highest BCUT2D eigenvalue weighted by atomic mass is 31.2. The van der Waals surface area contributed by atoms with Crippen LogP contribution in [0.1, 0.15) is 52.7 Å². The summed E-state index contributed by atoms with van der Waals surface area (Å²) in [6, 6.07) is 3.11. The van der Waals surface area contributed by atoms with Gasteiger partial charge in [0.05, 0.1) is 0 Å². The third-order valence-electron chi connectivity index (χ3n) is 2.83. The average molecular weight is 286 g/mol. The van der Waals surface area contributed by atoms with Gasteiger partial charge >= 0.3 is 8.60 Å². The lowest BCUT2D eigenvalue weighted by molar-refractivity contribution is 0.365. The third-order valence-corrected chi connectivity index (χ3v) is 3.19. The molecule has 108 valence electrons. The molecular formula is C14H23O4P. The van der Waals surface area contributed by atoms with E-state index < -0.39 is 8.60 Å². The first kappa shape index (κ1) is 16.2. The third kappa shape index (κ3) is 3.82. The highest BCUT2D eigenvalue weighted by Crippen LogP contribution is 2.46. The van der Waals surface area contributed by atoms with Crippen LogP contribution in [0.5, 0.6) is 11.5 Å². The molecular weight excluding hydrogens is 263 g/mol. The zero-order valence-corrected chi connectivity index (χ0v) is 13.2. The van der Waals surface area contributed by atoms with E-state index >= 15 is 0 Å². The van der Waals surface area contributed by atoms with Gasteiger partial charge < -0.3 is 19.4 Å². The summed E-state index contributed by atoms with van der Waals surface area (Å²) in [6.07, 6.45) is 0. The summed E-state index contributed by atoms with van der Waals surface area (Å²) in [5, 5.41) is 10.2. The van der Waals surface area contributed by atoms with Crippen LogP contribution < -0.4 is 4.52 Å². The highest BCUT2D eigenvalue weighted by Gasteiger charge is 2.32. The first-order chi connectivity index (χ1) is 8.44. The van der Waals surface area contributed by atoms with E-state index in [-0.39, 0.29) is 16.6 Å². The van der Waals surface area contributed by atoms with Crippen LogP contribution in [0.2, 0.25) is 0 Å². The Labute approximate surface area is 116 Å². The number of rotatable bonds is 2. The fourth-order valence-electron chi connectivity index (χ4n) is 2.24. The van der Waals surface area contributed by atoms with Crippen molar-refractivity contribution in [3.05, 3.63) is 23.3 Å². The van der Waals surface area contributed by atoms with E-state index in [0.29, 0.717) is 5.75 Å². The Morgan fingerprint density at radius 1 is 0.895 bits per heavy atom. The zero-order chi connectivity index (χ0) is 15.0. The monoisotopic (exact) mass is 286 g/mol. The summed E-state index contributed by atoms with van der Waals surface area (Å²) in [4.78, 5) is 18.2. The summed E-state index contributed by atoms with van der Waals surface area (Å²) in [5.41, 5.74) is 1.01. The minimum absolute atomic E-state index is 0.199. The molecule has 0 heterocycles. The summed E-state index contributed by atoms with van der Waals surface area (Å²) in [5.74, 6) is 0.608. The number of hydrogen-bond acceptors (Lipinski definition) is 4. The number of hydrogen-bond donors (Lipinski definition) is 3. The van der Waals surface area contributed by atoms with Crippen molar-refractivity contribution in [3.63, 3.8) is 0 Å². The molecule has 0 saturated heterocycles. The molecule has 19 heavy (non-hydrogen) atoms. The van der Waals surface area contributed by atoms with E-state index in [2.05, 4.69) is 0 Å². The molecule has 1 aromatic rings. The van der Waals surface area contributed by atoms with Gasteiger partial charge in [-0.3, -0.25) is 0 Å². The van der Waals surface area contributed by atoms with E-state index in [0.717, 1.165) is 11.1 Å². The van der Waals surface area contributed by atoms with Crippen LogP contribution in [0.4, 0.5) is 0 Å². The average Bonchev–Trinajstić information content (AvgIpc) is 2.15. The standard InChI is InChI=1S/C14H23O4P/c1-13(2,3)11-9(15)7-8-10(18-19(16)17)12(11)14(4,5)6/h7-8,15-17H,1-6H3. The van der Waals surface area contributed by atoms with Crippen molar-refractivity contribution in [2.24, 2.45) is 0 Å². The predicted octanol–water partition coefficient (Wildman–Crippen LogP) is 3.58. The number of benzene rings is 1. The van der Waals surface area contributed by atoms with Crippen molar-refractivity contribution in [1.82, 2.24) is 0 Å². The van der Waals surface area contributed by atoms with E-state index in [9.17, 15) is 5.11 Å². The van der Waals surface area contributed by atoms with Gasteiger partial charge in [-0.25, -0.2) is 0 Å². The molecule has 3 N–H and O–H groups in total. The van der Waals surface area contributed by atoms with Crippen molar-refractivity contribution in [1.29, 1.82) is 0 Å². The molecule has 1 rings (SSSR count). The molecule has 1 aromatic carbocycles. The summed E-state index contributed by atoms with van der Waals surface area (Å²) < 4.78 is 5.13. The topological polar surface area (TPSA) is 69.9 Å². The Balaban J connectivity index is 3.61. The van der Waals surface area contributed by atoms with Crippen molar-refractivity contribution in [2.75, 3.05) is 0 Å². The Morgan fingerprint density at radius 3 is 1.74 bits per heavy atom. The molecule has 0 radical (unpaired) electrons. The van der Waals surface area contributed by atoms with Crippen LogP contribution in [0.3, 0.4) is 0 Å². The van der Waals surface area contributed by atoms with Crippen LogP contribution in [0, 0.1) is 0 Å². The number of phenolic OH excluding ortho intramolecular Hbond substituents is 1. The number of phenols is 1. The highest BCUT2D eigenvalue weighted by molar-refractivity contribution is 7.39. The van der Waals surface area contributed by atoms with Gasteiger partial charge in [0.1, 0.15) is 11.5 Å². The van der Waals surface area contributed by atoms with Crippen LogP contribution in [0.25, 0.3) is 0 Å².